The smallest absolute Gasteiger partial charge is 0.346 e. The number of aromatic nitrogens is 3. The van der Waals surface area contributed by atoms with E-state index in [9.17, 15) is 9.90 Å². The van der Waals surface area contributed by atoms with Crippen molar-refractivity contribution in [3.05, 3.63) is 40.1 Å². The Labute approximate surface area is 146 Å². The number of nitrogens with zero attached hydrogens (tertiary/aromatic N) is 4. The highest BCUT2D eigenvalue weighted by molar-refractivity contribution is 5.41. The van der Waals surface area contributed by atoms with Crippen LogP contribution in [-0.4, -0.2) is 37.5 Å². The third-order valence-corrected chi connectivity index (χ3v) is 4.86. The summed E-state index contributed by atoms with van der Waals surface area (Å²) in [7, 11) is 0. The minimum Gasteiger partial charge on any atom is -0.504 e. The first-order chi connectivity index (χ1) is 12.1. The zero-order valence-corrected chi connectivity index (χ0v) is 14.5. The molecule has 1 saturated carbocycles. The lowest BCUT2D eigenvalue weighted by Crippen LogP contribution is -2.37. The zero-order chi connectivity index (χ0) is 17.4. The molecule has 2 aliphatic rings. The average molecular weight is 344 g/mol. The molecule has 1 aliphatic heterocycles. The van der Waals surface area contributed by atoms with Crippen molar-refractivity contribution in [3.8, 4) is 11.5 Å². The van der Waals surface area contributed by atoms with Gasteiger partial charge in [-0.3, -0.25) is 9.47 Å². The molecule has 1 aliphatic carbocycles. The molecule has 1 fully saturated rings. The summed E-state index contributed by atoms with van der Waals surface area (Å²) in [6.45, 7) is 6.07. The Bertz CT molecular complexity index is 822. The minimum atomic E-state index is 0.0322. The quantitative estimate of drug-likeness (QED) is 0.861. The molecule has 1 aromatic heterocycles. The second kappa shape index (κ2) is 6.55. The number of ether oxygens (including phenoxy) is 1. The van der Waals surface area contributed by atoms with Crippen LogP contribution < -0.4 is 10.4 Å². The van der Waals surface area contributed by atoms with Crippen LogP contribution in [0.5, 0.6) is 11.5 Å². The highest BCUT2D eigenvalue weighted by Crippen LogP contribution is 2.30. The van der Waals surface area contributed by atoms with E-state index >= 15 is 0 Å². The van der Waals surface area contributed by atoms with Gasteiger partial charge in [-0.15, -0.1) is 0 Å². The van der Waals surface area contributed by atoms with Gasteiger partial charge >= 0.3 is 5.69 Å². The Hall–Kier alpha value is -2.28. The Kier molecular flexibility index (Phi) is 4.25. The molecule has 0 bridgehead atoms. The van der Waals surface area contributed by atoms with E-state index in [0.29, 0.717) is 31.4 Å². The van der Waals surface area contributed by atoms with Gasteiger partial charge in [-0.25, -0.2) is 9.48 Å². The summed E-state index contributed by atoms with van der Waals surface area (Å²) in [6, 6.07) is 5.46. The maximum absolute atomic E-state index is 12.4. The average Bonchev–Trinajstić information content (AvgIpc) is 3.36. The van der Waals surface area contributed by atoms with Crippen molar-refractivity contribution in [2.45, 2.75) is 45.9 Å². The van der Waals surface area contributed by atoms with E-state index in [1.165, 1.54) is 12.8 Å². The van der Waals surface area contributed by atoms with E-state index in [4.69, 9.17) is 4.74 Å². The molecular weight excluding hydrogens is 320 g/mol. The molecular formula is C18H24N4O3. The largest absolute Gasteiger partial charge is 0.504 e. The molecule has 7 nitrogen and oxygen atoms in total. The highest BCUT2D eigenvalue weighted by atomic mass is 16.5. The molecule has 1 aromatic carbocycles. The first kappa shape index (κ1) is 16.2. The van der Waals surface area contributed by atoms with Crippen LogP contribution in [0.2, 0.25) is 0 Å². The minimum absolute atomic E-state index is 0.0322. The SMILES string of the molecule is CCOc1cc(CN2CCn3c(nn(CC4CC4)c3=O)C2)ccc1O. The Morgan fingerprint density at radius 2 is 2.16 bits per heavy atom. The van der Waals surface area contributed by atoms with Crippen molar-refractivity contribution in [1.29, 1.82) is 0 Å². The summed E-state index contributed by atoms with van der Waals surface area (Å²) in [5.74, 6) is 2.17. The van der Waals surface area contributed by atoms with Crippen molar-refractivity contribution in [2.24, 2.45) is 5.92 Å². The van der Waals surface area contributed by atoms with Gasteiger partial charge < -0.3 is 9.84 Å². The van der Waals surface area contributed by atoms with Gasteiger partial charge in [-0.1, -0.05) is 6.07 Å². The normalized spacial score (nSPS) is 17.5. The molecule has 0 radical (unpaired) electrons. The van der Waals surface area contributed by atoms with Gasteiger partial charge in [0.25, 0.3) is 0 Å². The topological polar surface area (TPSA) is 72.5 Å². The fourth-order valence-corrected chi connectivity index (χ4v) is 3.33. The summed E-state index contributed by atoms with van der Waals surface area (Å²) in [5.41, 5.74) is 1.11. The lowest BCUT2D eigenvalue weighted by molar-refractivity contribution is 0.207. The molecule has 0 atom stereocenters. The summed E-state index contributed by atoms with van der Waals surface area (Å²) >= 11 is 0. The van der Waals surface area contributed by atoms with Gasteiger partial charge in [0, 0.05) is 26.2 Å². The van der Waals surface area contributed by atoms with Crippen LogP contribution in [0.1, 0.15) is 31.2 Å². The van der Waals surface area contributed by atoms with E-state index in [2.05, 4.69) is 10.00 Å². The molecule has 134 valence electrons. The Balaban J connectivity index is 1.47. The molecule has 25 heavy (non-hydrogen) atoms. The van der Waals surface area contributed by atoms with Crippen LogP contribution in [0.4, 0.5) is 0 Å². The molecule has 0 saturated heterocycles. The van der Waals surface area contributed by atoms with Crippen LogP contribution in [0.15, 0.2) is 23.0 Å². The second-order valence-electron chi connectivity index (χ2n) is 6.92. The Morgan fingerprint density at radius 3 is 2.92 bits per heavy atom. The van der Waals surface area contributed by atoms with E-state index in [-0.39, 0.29) is 11.4 Å². The summed E-state index contributed by atoms with van der Waals surface area (Å²) in [5, 5.41) is 14.4. The number of phenols is 1. The molecule has 4 rings (SSSR count). The van der Waals surface area contributed by atoms with Gasteiger partial charge in [0.15, 0.2) is 11.5 Å². The summed E-state index contributed by atoms with van der Waals surface area (Å²) in [4.78, 5) is 14.7. The fourth-order valence-electron chi connectivity index (χ4n) is 3.33. The van der Waals surface area contributed by atoms with Crippen molar-refractivity contribution < 1.29 is 9.84 Å². The lowest BCUT2D eigenvalue weighted by Gasteiger charge is -2.26. The molecule has 0 spiro atoms. The maximum atomic E-state index is 12.4. The van der Waals surface area contributed by atoms with Crippen molar-refractivity contribution >= 4 is 0 Å². The molecule has 1 N–H and O–H groups in total. The third-order valence-electron chi connectivity index (χ3n) is 4.86. The van der Waals surface area contributed by atoms with Gasteiger partial charge in [0.05, 0.1) is 13.2 Å². The molecule has 2 aromatic rings. The van der Waals surface area contributed by atoms with E-state index in [1.54, 1.807) is 15.3 Å². The highest BCUT2D eigenvalue weighted by Gasteiger charge is 2.26. The number of fused-ring (bicyclic) bond motifs is 1. The number of aromatic hydroxyl groups is 1. The number of phenolic OH excluding ortho intramolecular Hbond substituents is 1. The summed E-state index contributed by atoms with van der Waals surface area (Å²) in [6.07, 6.45) is 2.42. The van der Waals surface area contributed by atoms with Crippen LogP contribution in [-0.2, 0) is 26.2 Å². The monoisotopic (exact) mass is 344 g/mol. The van der Waals surface area contributed by atoms with Crippen molar-refractivity contribution in [1.82, 2.24) is 19.2 Å². The number of hydrogen-bond acceptors (Lipinski definition) is 5. The first-order valence-corrected chi connectivity index (χ1v) is 8.97. The molecule has 0 amide bonds. The van der Waals surface area contributed by atoms with Gasteiger partial charge in [-0.05, 0) is 43.4 Å². The molecule has 0 unspecified atom stereocenters. The van der Waals surface area contributed by atoms with E-state index in [0.717, 1.165) is 31.0 Å². The van der Waals surface area contributed by atoms with Gasteiger partial charge in [-0.2, -0.15) is 5.10 Å². The third kappa shape index (κ3) is 3.42. The van der Waals surface area contributed by atoms with Crippen LogP contribution >= 0.6 is 0 Å². The number of hydrogen-bond donors (Lipinski definition) is 1. The maximum Gasteiger partial charge on any atom is 0.346 e. The summed E-state index contributed by atoms with van der Waals surface area (Å²) < 4.78 is 8.90. The Morgan fingerprint density at radius 1 is 1.32 bits per heavy atom. The zero-order valence-electron chi connectivity index (χ0n) is 14.5. The van der Waals surface area contributed by atoms with Crippen molar-refractivity contribution in [3.63, 3.8) is 0 Å². The number of benzene rings is 1. The first-order valence-electron chi connectivity index (χ1n) is 8.97. The fraction of sp³-hybridized carbons (Fsp3) is 0.556. The predicted molar refractivity (Wildman–Crippen MR) is 92.6 cm³/mol. The standard InChI is InChI=1S/C18H24N4O3/c1-2-25-16-9-14(5-6-15(16)23)10-20-7-8-21-17(12-20)19-22(18(21)24)11-13-3-4-13/h5-6,9,13,23H,2-4,7-8,10-12H2,1H3. The van der Waals surface area contributed by atoms with Crippen LogP contribution in [0.25, 0.3) is 0 Å². The lowest BCUT2D eigenvalue weighted by atomic mass is 10.1. The van der Waals surface area contributed by atoms with E-state index < -0.39 is 0 Å². The molecule has 2 heterocycles. The van der Waals surface area contributed by atoms with Gasteiger partial charge in [0.1, 0.15) is 5.82 Å². The van der Waals surface area contributed by atoms with Gasteiger partial charge in [0.2, 0.25) is 0 Å². The van der Waals surface area contributed by atoms with Crippen molar-refractivity contribution in [2.75, 3.05) is 13.2 Å². The predicted octanol–water partition coefficient (Wildman–Crippen LogP) is 1.57. The number of rotatable bonds is 6. The van der Waals surface area contributed by atoms with E-state index in [1.807, 2.05) is 19.1 Å². The van der Waals surface area contributed by atoms with Crippen LogP contribution in [0, 0.1) is 5.92 Å². The van der Waals surface area contributed by atoms with Crippen LogP contribution in [0.3, 0.4) is 0 Å². The second-order valence-corrected chi connectivity index (χ2v) is 6.92. The molecule has 7 heteroatoms.